The van der Waals surface area contributed by atoms with Crippen molar-refractivity contribution in [1.82, 2.24) is 0 Å². The molecule has 0 saturated carbocycles. The van der Waals surface area contributed by atoms with E-state index in [1.807, 2.05) is 35.4 Å². The van der Waals surface area contributed by atoms with Crippen LogP contribution in [0.2, 0.25) is 0 Å². The molecule has 1 aromatic heterocycles. The molecular formula is C6H10BS2. The SMILES string of the molecule is CSC.[B].c1ccsc1. The van der Waals surface area contributed by atoms with Gasteiger partial charge in [-0.2, -0.15) is 23.1 Å². The van der Waals surface area contributed by atoms with E-state index in [1.165, 1.54) is 0 Å². The quantitative estimate of drug-likeness (QED) is 0.521. The largest absolute Gasteiger partial charge is 0.169 e. The van der Waals surface area contributed by atoms with E-state index in [0.717, 1.165) is 0 Å². The third kappa shape index (κ3) is 11.6. The topological polar surface area (TPSA) is 0 Å². The zero-order valence-electron chi connectivity index (χ0n) is 5.70. The van der Waals surface area contributed by atoms with E-state index >= 15 is 0 Å². The Hall–Kier alpha value is 0.115. The maximum absolute atomic E-state index is 2.04. The van der Waals surface area contributed by atoms with Crippen LogP contribution in [0, 0.1) is 0 Å². The standard InChI is InChI=1S/C4H4S.C2H6S.B/c1-2-4-5-3-1;1-3-2;/h1-4H;1-2H3;. The van der Waals surface area contributed by atoms with E-state index in [1.54, 1.807) is 23.1 Å². The van der Waals surface area contributed by atoms with Gasteiger partial charge in [0.2, 0.25) is 0 Å². The van der Waals surface area contributed by atoms with Crippen molar-refractivity contribution in [3.8, 4) is 0 Å². The lowest BCUT2D eigenvalue weighted by Crippen LogP contribution is -1.25. The predicted molar refractivity (Wildman–Crippen MR) is 49.5 cm³/mol. The second kappa shape index (κ2) is 11.0. The van der Waals surface area contributed by atoms with E-state index in [9.17, 15) is 0 Å². The monoisotopic (exact) mass is 157 g/mol. The van der Waals surface area contributed by atoms with Crippen LogP contribution in [0.1, 0.15) is 0 Å². The highest BCUT2D eigenvalue weighted by atomic mass is 32.2. The van der Waals surface area contributed by atoms with Gasteiger partial charge in [-0.15, -0.1) is 0 Å². The van der Waals surface area contributed by atoms with Crippen LogP contribution in [-0.2, 0) is 0 Å². The lowest BCUT2D eigenvalue weighted by molar-refractivity contribution is 2.03. The fourth-order valence-corrected chi connectivity index (χ4v) is 0.680. The fraction of sp³-hybridized carbons (Fsp3) is 0.333. The summed E-state index contributed by atoms with van der Waals surface area (Å²) >= 11 is 3.46. The summed E-state index contributed by atoms with van der Waals surface area (Å²) in [5, 5.41) is 4.08. The predicted octanol–water partition coefficient (Wildman–Crippen LogP) is 2.35. The molecule has 0 aliphatic rings. The third-order valence-electron chi connectivity index (χ3n) is 0.425. The van der Waals surface area contributed by atoms with Crippen molar-refractivity contribution in [3.63, 3.8) is 0 Å². The van der Waals surface area contributed by atoms with E-state index in [4.69, 9.17) is 0 Å². The van der Waals surface area contributed by atoms with E-state index < -0.39 is 0 Å². The Bertz CT molecular complexity index is 78.0. The Morgan fingerprint density at radius 2 is 1.44 bits per heavy atom. The molecule has 0 aliphatic heterocycles. The molecule has 0 amide bonds. The molecule has 1 heterocycles. The first-order valence-electron chi connectivity index (χ1n) is 2.29. The van der Waals surface area contributed by atoms with Crippen molar-refractivity contribution in [2.75, 3.05) is 12.5 Å². The second-order valence-electron chi connectivity index (χ2n) is 1.20. The van der Waals surface area contributed by atoms with Gasteiger partial charge in [-0.05, 0) is 23.3 Å². The molecule has 1 rings (SSSR count). The summed E-state index contributed by atoms with van der Waals surface area (Å²) < 4.78 is 0. The Morgan fingerprint density at radius 3 is 1.56 bits per heavy atom. The second-order valence-corrected chi connectivity index (χ2v) is 2.83. The van der Waals surface area contributed by atoms with Gasteiger partial charge in [0.1, 0.15) is 0 Å². The molecule has 3 heteroatoms. The molecule has 0 nitrogen and oxygen atoms in total. The highest BCUT2D eigenvalue weighted by molar-refractivity contribution is 7.97. The first-order valence-corrected chi connectivity index (χ1v) is 4.86. The Balaban J connectivity index is 0. The van der Waals surface area contributed by atoms with E-state index in [-0.39, 0.29) is 8.41 Å². The zero-order valence-corrected chi connectivity index (χ0v) is 7.34. The lowest BCUT2D eigenvalue weighted by atomic mass is 10.7. The minimum Gasteiger partial charge on any atom is -0.169 e. The number of thioether (sulfide) groups is 1. The summed E-state index contributed by atoms with van der Waals surface area (Å²) in [7, 11) is 0. The Morgan fingerprint density at radius 1 is 1.11 bits per heavy atom. The molecular weight excluding hydrogens is 147 g/mol. The molecule has 9 heavy (non-hydrogen) atoms. The van der Waals surface area contributed by atoms with E-state index in [0.29, 0.717) is 0 Å². The highest BCUT2D eigenvalue weighted by Crippen LogP contribution is 1.91. The summed E-state index contributed by atoms with van der Waals surface area (Å²) in [4.78, 5) is 0. The van der Waals surface area contributed by atoms with E-state index in [2.05, 4.69) is 0 Å². The summed E-state index contributed by atoms with van der Waals surface area (Å²) in [5.74, 6) is 0. The van der Waals surface area contributed by atoms with Gasteiger partial charge in [-0.3, -0.25) is 0 Å². The molecule has 3 radical (unpaired) electrons. The van der Waals surface area contributed by atoms with Crippen LogP contribution >= 0.6 is 23.1 Å². The molecule has 0 fully saturated rings. The number of hydrogen-bond acceptors (Lipinski definition) is 2. The van der Waals surface area contributed by atoms with Gasteiger partial charge in [0.25, 0.3) is 0 Å². The zero-order chi connectivity index (χ0) is 6.24. The van der Waals surface area contributed by atoms with Crippen LogP contribution in [0.3, 0.4) is 0 Å². The molecule has 0 unspecified atom stereocenters. The molecule has 0 bridgehead atoms. The van der Waals surface area contributed by atoms with Gasteiger partial charge in [0.05, 0.1) is 0 Å². The van der Waals surface area contributed by atoms with Gasteiger partial charge in [-0.1, -0.05) is 12.1 Å². The third-order valence-corrected chi connectivity index (χ3v) is 1.05. The van der Waals surface area contributed by atoms with Gasteiger partial charge in [-0.25, -0.2) is 0 Å². The van der Waals surface area contributed by atoms with Gasteiger partial charge < -0.3 is 0 Å². The maximum atomic E-state index is 2.04. The van der Waals surface area contributed by atoms with Gasteiger partial charge >= 0.3 is 0 Å². The summed E-state index contributed by atoms with van der Waals surface area (Å²) in [6.45, 7) is 0. The fourth-order valence-electron chi connectivity index (χ4n) is 0.227. The number of hydrogen-bond donors (Lipinski definition) is 0. The van der Waals surface area contributed by atoms with Crippen LogP contribution in [0.25, 0.3) is 0 Å². The average Bonchev–Trinajstić information content (AvgIpc) is 2.17. The van der Waals surface area contributed by atoms with Crippen LogP contribution in [0.4, 0.5) is 0 Å². The minimum atomic E-state index is 0. The lowest BCUT2D eigenvalue weighted by Gasteiger charge is -1.51. The maximum Gasteiger partial charge on any atom is 0 e. The minimum absolute atomic E-state index is 0. The highest BCUT2D eigenvalue weighted by Gasteiger charge is 1.58. The van der Waals surface area contributed by atoms with Crippen molar-refractivity contribution in [2.45, 2.75) is 0 Å². The normalized spacial score (nSPS) is 6.44. The molecule has 0 aromatic carbocycles. The van der Waals surface area contributed by atoms with Crippen LogP contribution in [0.5, 0.6) is 0 Å². The molecule has 0 aliphatic carbocycles. The summed E-state index contributed by atoms with van der Waals surface area (Å²) in [6.07, 6.45) is 4.08. The van der Waals surface area contributed by atoms with Crippen molar-refractivity contribution in [3.05, 3.63) is 22.9 Å². The van der Waals surface area contributed by atoms with Crippen LogP contribution in [-0.4, -0.2) is 20.9 Å². The van der Waals surface area contributed by atoms with Crippen LogP contribution in [0.15, 0.2) is 22.9 Å². The molecule has 1 aromatic rings. The molecule has 0 spiro atoms. The molecule has 49 valence electrons. The van der Waals surface area contributed by atoms with Crippen molar-refractivity contribution in [1.29, 1.82) is 0 Å². The number of thiophene rings is 1. The molecule has 0 saturated heterocycles. The van der Waals surface area contributed by atoms with Crippen LogP contribution < -0.4 is 0 Å². The Labute approximate surface area is 67.3 Å². The first-order chi connectivity index (χ1) is 3.91. The molecule has 0 N–H and O–H groups in total. The van der Waals surface area contributed by atoms with Gasteiger partial charge in [0.15, 0.2) is 0 Å². The molecule has 0 atom stereocenters. The Kier molecular flexibility index (Phi) is 14.5. The number of rotatable bonds is 0. The van der Waals surface area contributed by atoms with Crippen molar-refractivity contribution < 1.29 is 0 Å². The first kappa shape index (κ1) is 11.9. The van der Waals surface area contributed by atoms with Crippen molar-refractivity contribution >= 4 is 31.5 Å². The smallest absolute Gasteiger partial charge is 0 e. The average molecular weight is 157 g/mol. The summed E-state index contributed by atoms with van der Waals surface area (Å²) in [6, 6.07) is 4.04. The van der Waals surface area contributed by atoms with Crippen molar-refractivity contribution in [2.24, 2.45) is 0 Å². The summed E-state index contributed by atoms with van der Waals surface area (Å²) in [5.41, 5.74) is 0. The van der Waals surface area contributed by atoms with Gasteiger partial charge in [0, 0.05) is 8.41 Å².